The van der Waals surface area contributed by atoms with Crippen molar-refractivity contribution < 1.29 is 9.47 Å². The van der Waals surface area contributed by atoms with Gasteiger partial charge in [-0.25, -0.2) is 0 Å². The van der Waals surface area contributed by atoms with Crippen LogP contribution in [0.4, 0.5) is 0 Å². The lowest BCUT2D eigenvalue weighted by Crippen LogP contribution is -2.26. The van der Waals surface area contributed by atoms with Gasteiger partial charge in [-0.2, -0.15) is 0 Å². The van der Waals surface area contributed by atoms with Gasteiger partial charge in [0.2, 0.25) is 0 Å². The Bertz CT molecular complexity index is 390. The van der Waals surface area contributed by atoms with E-state index in [9.17, 15) is 0 Å². The molecule has 1 saturated carbocycles. The van der Waals surface area contributed by atoms with E-state index in [4.69, 9.17) is 9.47 Å². The van der Waals surface area contributed by atoms with E-state index in [-0.39, 0.29) is 6.10 Å². The van der Waals surface area contributed by atoms with E-state index in [0.29, 0.717) is 19.3 Å². The van der Waals surface area contributed by atoms with E-state index in [0.717, 1.165) is 19.6 Å². The maximum absolute atomic E-state index is 6.02. The van der Waals surface area contributed by atoms with Crippen LogP contribution in [0.1, 0.15) is 43.4 Å². The lowest BCUT2D eigenvalue weighted by atomic mass is 10.1. The van der Waals surface area contributed by atoms with E-state index < -0.39 is 0 Å². The average molecular weight is 277 g/mol. The zero-order valence-electron chi connectivity index (χ0n) is 12.7. The first-order valence-electron chi connectivity index (χ1n) is 7.79. The maximum Gasteiger partial charge on any atom is 0.0950 e. The molecule has 0 spiro atoms. The van der Waals surface area contributed by atoms with Crippen LogP contribution in [0.25, 0.3) is 0 Å². The van der Waals surface area contributed by atoms with Gasteiger partial charge in [0.15, 0.2) is 0 Å². The van der Waals surface area contributed by atoms with Crippen LogP contribution in [0.15, 0.2) is 24.3 Å². The largest absolute Gasteiger partial charge is 0.379 e. The Kier molecular flexibility index (Phi) is 6.51. The second kappa shape index (κ2) is 8.40. The molecule has 0 heterocycles. The second-order valence-corrected chi connectivity index (χ2v) is 5.57. The van der Waals surface area contributed by atoms with Crippen LogP contribution in [-0.2, 0) is 9.47 Å². The second-order valence-electron chi connectivity index (χ2n) is 5.57. The van der Waals surface area contributed by atoms with Gasteiger partial charge in [0.1, 0.15) is 0 Å². The Morgan fingerprint density at radius 1 is 1.25 bits per heavy atom. The van der Waals surface area contributed by atoms with Crippen LogP contribution >= 0.6 is 0 Å². The van der Waals surface area contributed by atoms with E-state index in [2.05, 4.69) is 43.4 Å². The minimum Gasteiger partial charge on any atom is -0.379 e. The third kappa shape index (κ3) is 5.61. The smallest absolute Gasteiger partial charge is 0.0950 e. The first-order valence-corrected chi connectivity index (χ1v) is 7.79. The fourth-order valence-electron chi connectivity index (χ4n) is 2.20. The lowest BCUT2D eigenvalue weighted by Gasteiger charge is -2.19. The zero-order valence-corrected chi connectivity index (χ0v) is 12.7. The Balaban J connectivity index is 1.82. The fourth-order valence-corrected chi connectivity index (χ4v) is 2.20. The number of aryl methyl sites for hydroxylation is 1. The van der Waals surface area contributed by atoms with Crippen LogP contribution < -0.4 is 5.32 Å². The van der Waals surface area contributed by atoms with Gasteiger partial charge in [-0.3, -0.25) is 0 Å². The summed E-state index contributed by atoms with van der Waals surface area (Å²) in [6.45, 7) is 7.29. The minimum atomic E-state index is 0.126. The van der Waals surface area contributed by atoms with Crippen LogP contribution in [-0.4, -0.2) is 32.4 Å². The van der Waals surface area contributed by atoms with Crippen molar-refractivity contribution in [3.05, 3.63) is 35.4 Å². The molecule has 0 saturated heterocycles. The van der Waals surface area contributed by atoms with Crippen LogP contribution in [0.2, 0.25) is 0 Å². The summed E-state index contributed by atoms with van der Waals surface area (Å²) in [5, 5.41) is 3.56. The van der Waals surface area contributed by atoms with Gasteiger partial charge >= 0.3 is 0 Å². The van der Waals surface area contributed by atoms with Gasteiger partial charge in [0.05, 0.1) is 19.3 Å². The molecule has 0 aliphatic heterocycles. The molecule has 0 amide bonds. The topological polar surface area (TPSA) is 30.5 Å². The highest BCUT2D eigenvalue weighted by atomic mass is 16.5. The number of hydrogen-bond acceptors (Lipinski definition) is 3. The molecular formula is C17H27NO2. The standard InChI is InChI=1S/C17H27NO2/c1-3-9-19-10-11-20-17(13-18-16-7-8-16)15-6-4-5-14(2)12-15/h4-6,12,16-18H,3,7-11,13H2,1-2H3. The summed E-state index contributed by atoms with van der Waals surface area (Å²) in [5.74, 6) is 0. The molecule has 1 aromatic carbocycles. The highest BCUT2D eigenvalue weighted by molar-refractivity contribution is 5.24. The van der Waals surface area contributed by atoms with Crippen LogP contribution in [0.5, 0.6) is 0 Å². The van der Waals surface area contributed by atoms with Gasteiger partial charge in [0, 0.05) is 19.2 Å². The molecule has 0 radical (unpaired) electrons. The molecule has 1 fully saturated rings. The molecule has 112 valence electrons. The molecule has 0 aromatic heterocycles. The summed E-state index contributed by atoms with van der Waals surface area (Å²) >= 11 is 0. The Morgan fingerprint density at radius 2 is 2.10 bits per heavy atom. The van der Waals surface area contributed by atoms with Crippen molar-refractivity contribution in [1.82, 2.24) is 5.32 Å². The van der Waals surface area contributed by atoms with Crippen LogP contribution in [0.3, 0.4) is 0 Å². The molecule has 1 atom stereocenters. The van der Waals surface area contributed by atoms with Gasteiger partial charge in [0.25, 0.3) is 0 Å². The Hall–Kier alpha value is -0.900. The number of ether oxygens (including phenoxy) is 2. The monoisotopic (exact) mass is 277 g/mol. The third-order valence-electron chi connectivity index (χ3n) is 3.48. The van der Waals surface area contributed by atoms with Crippen molar-refractivity contribution in [2.75, 3.05) is 26.4 Å². The van der Waals surface area contributed by atoms with Crippen molar-refractivity contribution in [3.8, 4) is 0 Å². The molecule has 2 rings (SSSR count). The summed E-state index contributed by atoms with van der Waals surface area (Å²) in [4.78, 5) is 0. The molecule has 1 aromatic rings. The van der Waals surface area contributed by atoms with Gasteiger partial charge < -0.3 is 14.8 Å². The predicted octanol–water partition coefficient (Wildman–Crippen LogP) is 3.23. The summed E-state index contributed by atoms with van der Waals surface area (Å²) in [7, 11) is 0. The van der Waals surface area contributed by atoms with Crippen molar-refractivity contribution in [2.45, 2.75) is 45.3 Å². The molecule has 1 aliphatic rings. The minimum absolute atomic E-state index is 0.126. The molecule has 3 heteroatoms. The highest BCUT2D eigenvalue weighted by Gasteiger charge is 2.22. The normalized spacial score (nSPS) is 16.3. The molecule has 1 unspecified atom stereocenters. The fraction of sp³-hybridized carbons (Fsp3) is 0.647. The SMILES string of the molecule is CCCOCCOC(CNC1CC1)c1cccc(C)c1. The van der Waals surface area contributed by atoms with Crippen molar-refractivity contribution in [1.29, 1.82) is 0 Å². The number of hydrogen-bond donors (Lipinski definition) is 1. The number of rotatable bonds is 10. The first-order chi connectivity index (χ1) is 9.79. The number of nitrogens with one attached hydrogen (secondary N) is 1. The number of benzene rings is 1. The molecule has 0 bridgehead atoms. The summed E-state index contributed by atoms with van der Waals surface area (Å²) in [6, 6.07) is 9.30. The highest BCUT2D eigenvalue weighted by Crippen LogP contribution is 2.22. The van der Waals surface area contributed by atoms with Crippen molar-refractivity contribution in [3.63, 3.8) is 0 Å². The molecular weight excluding hydrogens is 250 g/mol. The molecule has 1 N–H and O–H groups in total. The van der Waals surface area contributed by atoms with E-state index >= 15 is 0 Å². The van der Waals surface area contributed by atoms with E-state index in [1.165, 1.54) is 24.0 Å². The summed E-state index contributed by atoms with van der Waals surface area (Å²) in [5.41, 5.74) is 2.54. The molecule has 20 heavy (non-hydrogen) atoms. The van der Waals surface area contributed by atoms with Gasteiger partial charge in [-0.05, 0) is 31.7 Å². The maximum atomic E-state index is 6.02. The summed E-state index contributed by atoms with van der Waals surface area (Å²) < 4.78 is 11.5. The predicted molar refractivity (Wildman–Crippen MR) is 82.0 cm³/mol. The van der Waals surface area contributed by atoms with E-state index in [1.807, 2.05) is 0 Å². The first kappa shape index (κ1) is 15.5. The zero-order chi connectivity index (χ0) is 14.2. The third-order valence-corrected chi connectivity index (χ3v) is 3.48. The molecule has 3 nitrogen and oxygen atoms in total. The molecule has 1 aliphatic carbocycles. The Morgan fingerprint density at radius 3 is 2.80 bits per heavy atom. The van der Waals surface area contributed by atoms with Gasteiger partial charge in [-0.15, -0.1) is 0 Å². The van der Waals surface area contributed by atoms with Crippen LogP contribution in [0, 0.1) is 6.92 Å². The average Bonchev–Trinajstić information content (AvgIpc) is 3.26. The van der Waals surface area contributed by atoms with Gasteiger partial charge in [-0.1, -0.05) is 36.8 Å². The quantitative estimate of drug-likeness (QED) is 0.666. The van der Waals surface area contributed by atoms with Crippen molar-refractivity contribution in [2.24, 2.45) is 0 Å². The van der Waals surface area contributed by atoms with Crippen molar-refractivity contribution >= 4 is 0 Å². The summed E-state index contributed by atoms with van der Waals surface area (Å²) in [6.07, 6.45) is 3.80. The Labute approximate surface area is 122 Å². The lowest BCUT2D eigenvalue weighted by molar-refractivity contribution is 0.00410. The van der Waals surface area contributed by atoms with E-state index in [1.54, 1.807) is 0 Å².